The number of urea groups is 1. The Bertz CT molecular complexity index is 1030. The van der Waals surface area contributed by atoms with Gasteiger partial charge in [0.15, 0.2) is 11.5 Å². The Hall–Kier alpha value is -3.48. The summed E-state index contributed by atoms with van der Waals surface area (Å²) in [7, 11) is 1.79. The number of carbonyl (C=O) groups is 1. The number of hydrogen-bond acceptors (Lipinski definition) is 4. The van der Waals surface area contributed by atoms with Gasteiger partial charge in [0.25, 0.3) is 0 Å². The summed E-state index contributed by atoms with van der Waals surface area (Å²) in [6.07, 6.45) is 3.73. The molecule has 162 valence electrons. The first-order valence-corrected chi connectivity index (χ1v) is 10.5. The van der Waals surface area contributed by atoms with Gasteiger partial charge < -0.3 is 19.7 Å². The molecule has 1 atom stereocenters. The highest BCUT2D eigenvalue weighted by atomic mass is 16.6. The Kier molecular flexibility index (Phi) is 6.11. The lowest BCUT2D eigenvalue weighted by Crippen LogP contribution is -2.40. The highest BCUT2D eigenvalue weighted by Crippen LogP contribution is 2.34. The summed E-state index contributed by atoms with van der Waals surface area (Å²) in [5, 5.41) is 7.57. The minimum Gasteiger partial charge on any atom is -0.486 e. The maximum Gasteiger partial charge on any atom is 0.317 e. The van der Waals surface area contributed by atoms with Crippen molar-refractivity contribution in [2.24, 2.45) is 5.92 Å². The number of amides is 2. The first kappa shape index (κ1) is 20.8. The van der Waals surface area contributed by atoms with Gasteiger partial charge in [-0.3, -0.25) is 0 Å². The summed E-state index contributed by atoms with van der Waals surface area (Å²) < 4.78 is 13.1. The van der Waals surface area contributed by atoms with Crippen LogP contribution < -0.4 is 14.8 Å². The van der Waals surface area contributed by atoms with Crippen molar-refractivity contribution in [1.29, 1.82) is 0 Å². The fraction of sp³-hybridized carbons (Fsp3) is 0.333. The summed E-state index contributed by atoms with van der Waals surface area (Å²) in [6.45, 7) is 5.73. The number of ether oxygens (including phenoxy) is 2. The van der Waals surface area contributed by atoms with Gasteiger partial charge in [-0.25, -0.2) is 9.48 Å². The van der Waals surface area contributed by atoms with Crippen molar-refractivity contribution in [3.05, 3.63) is 72.1 Å². The number of rotatable bonds is 6. The van der Waals surface area contributed by atoms with Crippen LogP contribution in [0.25, 0.3) is 5.69 Å². The summed E-state index contributed by atoms with van der Waals surface area (Å²) >= 11 is 0. The molecule has 4 rings (SSSR count). The average molecular weight is 421 g/mol. The van der Waals surface area contributed by atoms with E-state index in [1.807, 2.05) is 59.4 Å². The molecule has 1 unspecified atom stereocenters. The molecule has 2 heterocycles. The molecule has 0 radical (unpaired) electrons. The van der Waals surface area contributed by atoms with Crippen molar-refractivity contribution in [2.75, 3.05) is 20.3 Å². The monoisotopic (exact) mass is 420 g/mol. The molecule has 0 spiro atoms. The molecule has 7 nitrogen and oxygen atoms in total. The van der Waals surface area contributed by atoms with Crippen LogP contribution in [-0.2, 0) is 6.54 Å². The van der Waals surface area contributed by atoms with Crippen LogP contribution >= 0.6 is 0 Å². The summed E-state index contributed by atoms with van der Waals surface area (Å²) in [6, 6.07) is 15.5. The van der Waals surface area contributed by atoms with Gasteiger partial charge in [-0.1, -0.05) is 38.1 Å². The number of para-hydroxylation sites is 1. The lowest BCUT2D eigenvalue weighted by atomic mass is 9.95. The summed E-state index contributed by atoms with van der Waals surface area (Å²) in [5.41, 5.74) is 2.94. The molecule has 1 aliphatic rings. The third-order valence-electron chi connectivity index (χ3n) is 5.29. The van der Waals surface area contributed by atoms with E-state index in [0.717, 1.165) is 28.3 Å². The zero-order valence-corrected chi connectivity index (χ0v) is 18.1. The van der Waals surface area contributed by atoms with Crippen molar-refractivity contribution in [1.82, 2.24) is 20.0 Å². The zero-order chi connectivity index (χ0) is 21.8. The first-order valence-electron chi connectivity index (χ1n) is 10.5. The van der Waals surface area contributed by atoms with E-state index in [1.54, 1.807) is 18.1 Å². The van der Waals surface area contributed by atoms with E-state index >= 15 is 0 Å². The van der Waals surface area contributed by atoms with Gasteiger partial charge >= 0.3 is 6.03 Å². The second-order valence-electron chi connectivity index (χ2n) is 8.06. The number of fused-ring (bicyclic) bond motifs is 1. The zero-order valence-electron chi connectivity index (χ0n) is 18.1. The average Bonchev–Trinajstić information content (AvgIpc) is 3.25. The number of hydrogen-bond donors (Lipinski definition) is 1. The topological polar surface area (TPSA) is 68.6 Å². The SMILES string of the molecule is CC(C)C(NC(=O)N(C)Cc1cnn(-c2ccccc2)c1)c1ccc2c(c1)OCCO2. The van der Waals surface area contributed by atoms with E-state index in [0.29, 0.717) is 19.8 Å². The molecule has 7 heteroatoms. The van der Waals surface area contributed by atoms with Gasteiger partial charge in [-0.15, -0.1) is 0 Å². The van der Waals surface area contributed by atoms with Crippen molar-refractivity contribution in [3.8, 4) is 17.2 Å². The fourth-order valence-corrected chi connectivity index (χ4v) is 3.64. The minimum absolute atomic E-state index is 0.138. The highest BCUT2D eigenvalue weighted by Gasteiger charge is 2.23. The summed E-state index contributed by atoms with van der Waals surface area (Å²) in [5.74, 6) is 1.68. The van der Waals surface area contributed by atoms with E-state index in [2.05, 4.69) is 24.3 Å². The maximum atomic E-state index is 12.9. The minimum atomic E-state index is -0.141. The quantitative estimate of drug-likeness (QED) is 0.650. The van der Waals surface area contributed by atoms with Crippen LogP contribution in [0.3, 0.4) is 0 Å². The Balaban J connectivity index is 1.43. The van der Waals surface area contributed by atoms with Crippen molar-refractivity contribution in [3.63, 3.8) is 0 Å². The number of nitrogens with one attached hydrogen (secondary N) is 1. The van der Waals surface area contributed by atoms with E-state index in [4.69, 9.17) is 9.47 Å². The van der Waals surface area contributed by atoms with Crippen molar-refractivity contribution in [2.45, 2.75) is 26.4 Å². The van der Waals surface area contributed by atoms with Crippen LogP contribution in [0.2, 0.25) is 0 Å². The molecule has 1 aliphatic heterocycles. The lowest BCUT2D eigenvalue weighted by Gasteiger charge is -2.27. The van der Waals surface area contributed by atoms with E-state index in [1.165, 1.54) is 0 Å². The number of aromatic nitrogens is 2. The smallest absolute Gasteiger partial charge is 0.317 e. The van der Waals surface area contributed by atoms with Gasteiger partial charge in [0.2, 0.25) is 0 Å². The molecule has 0 aliphatic carbocycles. The second kappa shape index (κ2) is 9.12. The van der Waals surface area contributed by atoms with Gasteiger partial charge in [0.05, 0.1) is 24.5 Å². The molecule has 0 saturated heterocycles. The molecule has 31 heavy (non-hydrogen) atoms. The van der Waals surface area contributed by atoms with E-state index < -0.39 is 0 Å². The van der Waals surface area contributed by atoms with Crippen LogP contribution in [0.4, 0.5) is 4.79 Å². The van der Waals surface area contributed by atoms with E-state index in [-0.39, 0.29) is 18.0 Å². The Morgan fingerprint density at radius 3 is 2.61 bits per heavy atom. The maximum absolute atomic E-state index is 12.9. The van der Waals surface area contributed by atoms with Crippen LogP contribution in [0.1, 0.15) is 31.0 Å². The predicted octanol–water partition coefficient (Wildman–Crippen LogP) is 4.18. The normalized spacial score (nSPS) is 13.7. The van der Waals surface area contributed by atoms with Crippen LogP contribution in [-0.4, -0.2) is 41.0 Å². The molecule has 2 aromatic carbocycles. The fourth-order valence-electron chi connectivity index (χ4n) is 3.64. The first-order chi connectivity index (χ1) is 15.0. The van der Waals surface area contributed by atoms with E-state index in [9.17, 15) is 4.79 Å². The third-order valence-corrected chi connectivity index (χ3v) is 5.29. The third kappa shape index (κ3) is 4.82. The van der Waals surface area contributed by atoms with Crippen LogP contribution in [0.5, 0.6) is 11.5 Å². The second-order valence-corrected chi connectivity index (χ2v) is 8.06. The number of nitrogens with zero attached hydrogens (tertiary/aromatic N) is 3. The molecule has 0 bridgehead atoms. The van der Waals surface area contributed by atoms with Crippen molar-refractivity contribution < 1.29 is 14.3 Å². The Morgan fingerprint density at radius 2 is 1.87 bits per heavy atom. The highest BCUT2D eigenvalue weighted by molar-refractivity contribution is 5.74. The molecule has 0 fully saturated rings. The largest absolute Gasteiger partial charge is 0.486 e. The molecule has 2 amide bonds. The molecule has 3 aromatic rings. The van der Waals surface area contributed by atoms with Gasteiger partial charge in [0, 0.05) is 18.8 Å². The van der Waals surface area contributed by atoms with Gasteiger partial charge in [-0.2, -0.15) is 5.10 Å². The van der Waals surface area contributed by atoms with Gasteiger partial charge in [0.1, 0.15) is 13.2 Å². The molecule has 0 saturated carbocycles. The summed E-state index contributed by atoms with van der Waals surface area (Å²) in [4.78, 5) is 14.6. The molecule has 1 aromatic heterocycles. The number of carbonyl (C=O) groups excluding carboxylic acids is 1. The standard InChI is InChI=1S/C24H28N4O3/c1-17(2)23(19-9-10-21-22(13-19)31-12-11-30-21)26-24(29)27(3)15-18-14-25-28(16-18)20-7-5-4-6-8-20/h4-10,13-14,16-17,23H,11-12,15H2,1-3H3,(H,26,29). The molecular formula is C24H28N4O3. The molecule has 1 N–H and O–H groups in total. The Morgan fingerprint density at radius 1 is 1.13 bits per heavy atom. The molecular weight excluding hydrogens is 392 g/mol. The lowest BCUT2D eigenvalue weighted by molar-refractivity contribution is 0.171. The number of benzene rings is 2. The van der Waals surface area contributed by atoms with Crippen molar-refractivity contribution >= 4 is 6.03 Å². The predicted molar refractivity (Wildman–Crippen MR) is 119 cm³/mol. The van der Waals surface area contributed by atoms with Gasteiger partial charge in [-0.05, 0) is 35.7 Å². The van der Waals surface area contributed by atoms with Crippen LogP contribution in [0.15, 0.2) is 60.9 Å². The van der Waals surface area contributed by atoms with Crippen LogP contribution in [0, 0.1) is 5.92 Å². The Labute approximate surface area is 182 Å².